The summed E-state index contributed by atoms with van der Waals surface area (Å²) in [5.41, 5.74) is 0.363. The Bertz CT molecular complexity index is 720. The van der Waals surface area contributed by atoms with Crippen molar-refractivity contribution in [3.63, 3.8) is 0 Å². The van der Waals surface area contributed by atoms with Crippen molar-refractivity contribution in [2.24, 2.45) is 0 Å². The van der Waals surface area contributed by atoms with Crippen LogP contribution in [0.25, 0.3) is 0 Å². The Morgan fingerprint density at radius 3 is 2.95 bits per heavy atom. The summed E-state index contributed by atoms with van der Waals surface area (Å²) >= 11 is 1.40. The number of aromatic nitrogens is 1. The summed E-state index contributed by atoms with van der Waals surface area (Å²) in [4.78, 5) is 27.6. The average molecular weight is 305 g/mol. The maximum absolute atomic E-state index is 12.1. The molecular formula is C13H11N3O4S. The lowest BCUT2D eigenvalue weighted by atomic mass is 10.1. The molecule has 1 aromatic heterocycles. The average Bonchev–Trinajstić information content (AvgIpc) is 2.99. The van der Waals surface area contributed by atoms with Crippen LogP contribution in [0.5, 0.6) is 5.75 Å². The molecule has 108 valence electrons. The molecule has 1 aliphatic carbocycles. The Balaban J connectivity index is 1.85. The van der Waals surface area contributed by atoms with E-state index in [0.717, 1.165) is 35.9 Å². The predicted molar refractivity (Wildman–Crippen MR) is 76.9 cm³/mol. The standard InChI is InChI=1S/C13H11N3O4S/c17-11-7(3-1-5-9(11)16(19)20)12(18)15-13-14-8-4-2-6-10(8)21-13/h1,3,5,17H,2,4,6H2,(H,14,15,18). The Hall–Kier alpha value is -2.48. The summed E-state index contributed by atoms with van der Waals surface area (Å²) in [5.74, 6) is -1.24. The topological polar surface area (TPSA) is 105 Å². The van der Waals surface area contributed by atoms with Crippen LogP contribution in [0, 0.1) is 10.1 Å². The van der Waals surface area contributed by atoms with Crippen molar-refractivity contribution in [2.75, 3.05) is 5.32 Å². The monoisotopic (exact) mass is 305 g/mol. The number of hydrogen-bond acceptors (Lipinski definition) is 6. The van der Waals surface area contributed by atoms with E-state index in [1.54, 1.807) is 0 Å². The third-order valence-electron chi connectivity index (χ3n) is 3.27. The van der Waals surface area contributed by atoms with Gasteiger partial charge in [0, 0.05) is 10.9 Å². The van der Waals surface area contributed by atoms with Gasteiger partial charge < -0.3 is 5.11 Å². The zero-order chi connectivity index (χ0) is 15.0. The third kappa shape index (κ3) is 2.45. The molecular weight excluding hydrogens is 294 g/mol. The summed E-state index contributed by atoms with van der Waals surface area (Å²) in [6.07, 6.45) is 2.95. The first-order chi connectivity index (χ1) is 10.1. The second-order valence-electron chi connectivity index (χ2n) is 4.63. The van der Waals surface area contributed by atoms with Crippen molar-refractivity contribution in [1.82, 2.24) is 4.98 Å². The number of benzene rings is 1. The minimum Gasteiger partial charge on any atom is -0.502 e. The molecule has 2 N–H and O–H groups in total. The molecule has 1 heterocycles. The molecule has 0 bridgehead atoms. The van der Waals surface area contributed by atoms with Crippen LogP contribution in [-0.4, -0.2) is 20.9 Å². The van der Waals surface area contributed by atoms with Gasteiger partial charge in [-0.25, -0.2) is 4.98 Å². The molecule has 1 amide bonds. The molecule has 0 spiro atoms. The van der Waals surface area contributed by atoms with Gasteiger partial charge in [-0.2, -0.15) is 0 Å². The molecule has 3 rings (SSSR count). The predicted octanol–water partition coefficient (Wildman–Crippen LogP) is 2.50. The number of para-hydroxylation sites is 1. The largest absolute Gasteiger partial charge is 0.502 e. The van der Waals surface area contributed by atoms with Gasteiger partial charge in [-0.1, -0.05) is 6.07 Å². The second-order valence-corrected chi connectivity index (χ2v) is 5.71. The van der Waals surface area contributed by atoms with Gasteiger partial charge >= 0.3 is 5.69 Å². The summed E-state index contributed by atoms with van der Waals surface area (Å²) < 4.78 is 0. The SMILES string of the molecule is O=C(Nc1nc2c(s1)CCC2)c1cccc([N+](=O)[O-])c1O. The fraction of sp³-hybridized carbons (Fsp3) is 0.231. The fourth-order valence-electron chi connectivity index (χ4n) is 2.27. The first-order valence-electron chi connectivity index (χ1n) is 6.32. The van der Waals surface area contributed by atoms with Crippen LogP contribution < -0.4 is 5.32 Å². The van der Waals surface area contributed by atoms with Crippen molar-refractivity contribution >= 4 is 28.1 Å². The van der Waals surface area contributed by atoms with E-state index < -0.39 is 22.3 Å². The number of aryl methyl sites for hydroxylation is 2. The minimum absolute atomic E-state index is 0.139. The molecule has 0 saturated carbocycles. The number of anilines is 1. The number of amides is 1. The van der Waals surface area contributed by atoms with Crippen LogP contribution in [-0.2, 0) is 12.8 Å². The highest BCUT2D eigenvalue weighted by Crippen LogP contribution is 2.32. The molecule has 2 aromatic rings. The third-order valence-corrected chi connectivity index (χ3v) is 4.35. The quantitative estimate of drug-likeness (QED) is 0.669. The maximum Gasteiger partial charge on any atom is 0.311 e. The van der Waals surface area contributed by atoms with E-state index in [1.165, 1.54) is 23.5 Å². The number of nitrogens with one attached hydrogen (secondary N) is 1. The van der Waals surface area contributed by atoms with E-state index in [9.17, 15) is 20.0 Å². The van der Waals surface area contributed by atoms with Crippen LogP contribution in [0.3, 0.4) is 0 Å². The van der Waals surface area contributed by atoms with Crippen molar-refractivity contribution < 1.29 is 14.8 Å². The number of aromatic hydroxyl groups is 1. The highest BCUT2D eigenvalue weighted by atomic mass is 32.1. The number of carbonyl (C=O) groups is 1. The van der Waals surface area contributed by atoms with Crippen LogP contribution in [0.15, 0.2) is 18.2 Å². The smallest absolute Gasteiger partial charge is 0.311 e. The molecule has 1 aliphatic rings. The number of nitro groups is 1. The van der Waals surface area contributed by atoms with Gasteiger partial charge in [0.15, 0.2) is 5.13 Å². The van der Waals surface area contributed by atoms with Gasteiger partial charge in [0.05, 0.1) is 16.2 Å². The van der Waals surface area contributed by atoms with Crippen LogP contribution in [0.2, 0.25) is 0 Å². The lowest BCUT2D eigenvalue weighted by molar-refractivity contribution is -0.385. The van der Waals surface area contributed by atoms with E-state index in [4.69, 9.17) is 0 Å². The summed E-state index contributed by atoms with van der Waals surface area (Å²) in [7, 11) is 0. The van der Waals surface area contributed by atoms with Crippen LogP contribution >= 0.6 is 11.3 Å². The Kier molecular flexibility index (Phi) is 3.30. The molecule has 0 aliphatic heterocycles. The van der Waals surface area contributed by atoms with Gasteiger partial charge in [-0.05, 0) is 25.3 Å². The van der Waals surface area contributed by atoms with Crippen molar-refractivity contribution in [3.8, 4) is 5.75 Å². The molecule has 0 atom stereocenters. The Morgan fingerprint density at radius 1 is 1.43 bits per heavy atom. The fourth-order valence-corrected chi connectivity index (χ4v) is 3.32. The van der Waals surface area contributed by atoms with E-state index in [1.807, 2.05) is 0 Å². The van der Waals surface area contributed by atoms with E-state index in [0.29, 0.717) is 5.13 Å². The number of carbonyl (C=O) groups excluding carboxylic acids is 1. The van der Waals surface area contributed by atoms with Crippen LogP contribution in [0.4, 0.5) is 10.8 Å². The molecule has 21 heavy (non-hydrogen) atoms. The van der Waals surface area contributed by atoms with Crippen molar-refractivity contribution in [1.29, 1.82) is 0 Å². The van der Waals surface area contributed by atoms with Gasteiger partial charge in [0.25, 0.3) is 5.91 Å². The van der Waals surface area contributed by atoms with Crippen molar-refractivity contribution in [2.45, 2.75) is 19.3 Å². The first-order valence-corrected chi connectivity index (χ1v) is 7.14. The summed E-state index contributed by atoms with van der Waals surface area (Å²) in [6.45, 7) is 0. The highest BCUT2D eigenvalue weighted by molar-refractivity contribution is 7.16. The summed E-state index contributed by atoms with van der Waals surface area (Å²) in [5, 5.41) is 23.6. The van der Waals surface area contributed by atoms with E-state index in [-0.39, 0.29) is 5.56 Å². The van der Waals surface area contributed by atoms with Gasteiger partial charge in [0.1, 0.15) is 0 Å². The number of nitro benzene ring substituents is 1. The molecule has 0 radical (unpaired) electrons. The first kappa shape index (κ1) is 13.5. The number of nitrogens with zero attached hydrogens (tertiary/aromatic N) is 2. The molecule has 1 aromatic carbocycles. The zero-order valence-electron chi connectivity index (χ0n) is 10.8. The maximum atomic E-state index is 12.1. The molecule has 8 heteroatoms. The number of rotatable bonds is 3. The Morgan fingerprint density at radius 2 is 2.24 bits per heavy atom. The van der Waals surface area contributed by atoms with E-state index >= 15 is 0 Å². The summed E-state index contributed by atoms with van der Waals surface area (Å²) in [6, 6.07) is 3.83. The molecule has 0 saturated heterocycles. The number of hydrogen-bond donors (Lipinski definition) is 2. The number of phenolic OH excluding ortho intramolecular Hbond substituents is 1. The van der Waals surface area contributed by atoms with E-state index in [2.05, 4.69) is 10.3 Å². The normalized spacial score (nSPS) is 13.0. The number of fused-ring (bicyclic) bond motifs is 1. The molecule has 7 nitrogen and oxygen atoms in total. The van der Waals surface area contributed by atoms with Gasteiger partial charge in [0.2, 0.25) is 5.75 Å². The Labute approximate surface area is 123 Å². The lowest BCUT2D eigenvalue weighted by Crippen LogP contribution is -2.12. The number of phenols is 1. The number of thiazole rings is 1. The lowest BCUT2D eigenvalue weighted by Gasteiger charge is -2.04. The minimum atomic E-state index is -0.732. The highest BCUT2D eigenvalue weighted by Gasteiger charge is 2.23. The van der Waals surface area contributed by atoms with Gasteiger partial charge in [-0.15, -0.1) is 11.3 Å². The second kappa shape index (κ2) is 5.13. The zero-order valence-corrected chi connectivity index (χ0v) is 11.6. The van der Waals surface area contributed by atoms with Crippen molar-refractivity contribution in [3.05, 3.63) is 44.4 Å². The van der Waals surface area contributed by atoms with Crippen LogP contribution in [0.1, 0.15) is 27.3 Å². The van der Waals surface area contributed by atoms with Gasteiger partial charge in [-0.3, -0.25) is 20.2 Å². The molecule has 0 unspecified atom stereocenters. The molecule has 0 fully saturated rings.